The van der Waals surface area contributed by atoms with Gasteiger partial charge in [0.15, 0.2) is 0 Å². The molecule has 0 amide bonds. The van der Waals surface area contributed by atoms with E-state index in [0.29, 0.717) is 12.0 Å². The zero-order chi connectivity index (χ0) is 21.2. The van der Waals surface area contributed by atoms with Crippen molar-refractivity contribution in [3.63, 3.8) is 0 Å². The van der Waals surface area contributed by atoms with E-state index in [-0.39, 0.29) is 0 Å². The Morgan fingerprint density at radius 1 is 0.767 bits per heavy atom. The predicted molar refractivity (Wildman–Crippen MR) is 123 cm³/mol. The molecule has 30 heavy (non-hydrogen) atoms. The van der Waals surface area contributed by atoms with Crippen LogP contribution in [0.2, 0.25) is 0 Å². The van der Waals surface area contributed by atoms with Gasteiger partial charge in [0, 0.05) is 24.8 Å². The van der Waals surface area contributed by atoms with Gasteiger partial charge in [0.1, 0.15) is 11.5 Å². The summed E-state index contributed by atoms with van der Waals surface area (Å²) >= 11 is 0. The van der Waals surface area contributed by atoms with Crippen molar-refractivity contribution in [2.75, 3.05) is 20.8 Å². The third-order valence-corrected chi connectivity index (χ3v) is 5.79. The summed E-state index contributed by atoms with van der Waals surface area (Å²) in [7, 11) is 3.41. The van der Waals surface area contributed by atoms with Crippen molar-refractivity contribution < 1.29 is 14.8 Å². The molecule has 3 aromatic rings. The van der Waals surface area contributed by atoms with E-state index < -0.39 is 0 Å². The van der Waals surface area contributed by atoms with E-state index in [0.717, 1.165) is 37.3 Å². The van der Waals surface area contributed by atoms with Gasteiger partial charge in [-0.1, -0.05) is 66.7 Å². The molecule has 0 aliphatic rings. The zero-order valence-corrected chi connectivity index (χ0v) is 18.4. The highest BCUT2D eigenvalue weighted by molar-refractivity contribution is 5.40. The number of rotatable bonds is 11. The van der Waals surface area contributed by atoms with Gasteiger partial charge in [-0.15, -0.1) is 0 Å². The van der Waals surface area contributed by atoms with Crippen LogP contribution in [-0.2, 0) is 6.42 Å². The molecule has 0 spiro atoms. The average molecular weight is 405 g/mol. The lowest BCUT2D eigenvalue weighted by atomic mass is 9.88. The molecule has 0 unspecified atom stereocenters. The van der Waals surface area contributed by atoms with Crippen LogP contribution in [0.3, 0.4) is 0 Å². The summed E-state index contributed by atoms with van der Waals surface area (Å²) in [6.07, 6.45) is 3.25. The van der Waals surface area contributed by atoms with Crippen LogP contribution in [0.4, 0.5) is 0 Å². The standard InChI is InChI=1S/C27H33NO2/c1-21(14-15-24-16-17-25(29-2)20-27(24)30-3)28-19-18-26(22-10-6-4-7-11-22)23-12-8-5-9-13-23/h4-13,16-17,20-21,26,28H,14-15,18-19H2,1-3H3/p+1/t21-/m0/s1. The predicted octanol–water partition coefficient (Wildman–Crippen LogP) is 4.81. The van der Waals surface area contributed by atoms with E-state index in [1.54, 1.807) is 14.2 Å². The largest absolute Gasteiger partial charge is 0.497 e. The molecule has 2 N–H and O–H groups in total. The molecular formula is C27H34NO2+. The molecule has 0 aliphatic heterocycles. The van der Waals surface area contributed by atoms with Gasteiger partial charge in [-0.2, -0.15) is 0 Å². The first-order valence-corrected chi connectivity index (χ1v) is 10.9. The van der Waals surface area contributed by atoms with Crippen molar-refractivity contribution in [1.29, 1.82) is 0 Å². The highest BCUT2D eigenvalue weighted by Gasteiger charge is 2.16. The number of methoxy groups -OCH3 is 2. The van der Waals surface area contributed by atoms with Gasteiger partial charge in [-0.3, -0.25) is 0 Å². The summed E-state index contributed by atoms with van der Waals surface area (Å²) in [4.78, 5) is 0. The lowest BCUT2D eigenvalue weighted by Gasteiger charge is -2.19. The summed E-state index contributed by atoms with van der Waals surface area (Å²) in [6, 6.07) is 28.4. The van der Waals surface area contributed by atoms with E-state index in [9.17, 15) is 0 Å². The Hall–Kier alpha value is -2.78. The molecule has 0 heterocycles. The maximum Gasteiger partial charge on any atom is 0.125 e. The molecule has 0 radical (unpaired) electrons. The van der Waals surface area contributed by atoms with Gasteiger partial charge in [0.05, 0.1) is 26.8 Å². The smallest absolute Gasteiger partial charge is 0.125 e. The number of hydrogen-bond donors (Lipinski definition) is 1. The summed E-state index contributed by atoms with van der Waals surface area (Å²) in [5, 5.41) is 2.48. The van der Waals surface area contributed by atoms with Crippen molar-refractivity contribution in [2.45, 2.75) is 38.1 Å². The number of ether oxygens (including phenoxy) is 2. The van der Waals surface area contributed by atoms with Gasteiger partial charge in [-0.05, 0) is 36.1 Å². The quantitative estimate of drug-likeness (QED) is 0.498. The molecule has 3 nitrogen and oxygen atoms in total. The van der Waals surface area contributed by atoms with Crippen molar-refractivity contribution in [1.82, 2.24) is 0 Å². The fourth-order valence-electron chi connectivity index (χ4n) is 4.00. The second-order valence-corrected chi connectivity index (χ2v) is 7.88. The average Bonchev–Trinajstić information content (AvgIpc) is 2.81. The molecule has 0 bridgehead atoms. The topological polar surface area (TPSA) is 35.1 Å². The lowest BCUT2D eigenvalue weighted by Crippen LogP contribution is -2.89. The molecular weight excluding hydrogens is 370 g/mol. The van der Waals surface area contributed by atoms with E-state index >= 15 is 0 Å². The highest BCUT2D eigenvalue weighted by atomic mass is 16.5. The third-order valence-electron chi connectivity index (χ3n) is 5.79. The fourth-order valence-corrected chi connectivity index (χ4v) is 4.00. The first-order chi connectivity index (χ1) is 14.7. The summed E-state index contributed by atoms with van der Waals surface area (Å²) in [5.41, 5.74) is 4.03. The van der Waals surface area contributed by atoms with Crippen LogP contribution in [0.5, 0.6) is 11.5 Å². The molecule has 158 valence electrons. The van der Waals surface area contributed by atoms with Crippen LogP contribution < -0.4 is 14.8 Å². The van der Waals surface area contributed by atoms with Crippen molar-refractivity contribution in [3.8, 4) is 11.5 Å². The summed E-state index contributed by atoms with van der Waals surface area (Å²) < 4.78 is 10.8. The number of nitrogens with two attached hydrogens (primary N) is 1. The third kappa shape index (κ3) is 6.11. The Bertz CT molecular complexity index is 840. The Labute approximate surface area is 181 Å². The minimum atomic E-state index is 0.442. The molecule has 0 fully saturated rings. The molecule has 0 aliphatic carbocycles. The normalized spacial score (nSPS) is 12.0. The number of benzene rings is 3. The number of quaternary nitrogens is 1. The van der Waals surface area contributed by atoms with Gasteiger partial charge in [-0.25, -0.2) is 0 Å². The second kappa shape index (κ2) is 11.4. The van der Waals surface area contributed by atoms with Crippen molar-refractivity contribution in [3.05, 3.63) is 95.6 Å². The molecule has 3 aromatic carbocycles. The monoisotopic (exact) mass is 404 g/mol. The Morgan fingerprint density at radius 2 is 1.40 bits per heavy atom. The van der Waals surface area contributed by atoms with Gasteiger partial charge in [0.2, 0.25) is 0 Å². The highest BCUT2D eigenvalue weighted by Crippen LogP contribution is 2.27. The molecule has 0 aromatic heterocycles. The maximum absolute atomic E-state index is 5.54. The van der Waals surface area contributed by atoms with Crippen LogP contribution >= 0.6 is 0 Å². The van der Waals surface area contributed by atoms with E-state index in [1.807, 2.05) is 12.1 Å². The van der Waals surface area contributed by atoms with Crippen LogP contribution in [0.15, 0.2) is 78.9 Å². The van der Waals surface area contributed by atoms with Gasteiger partial charge < -0.3 is 14.8 Å². The molecule has 1 atom stereocenters. The molecule has 0 saturated carbocycles. The van der Waals surface area contributed by atoms with Crippen LogP contribution in [0, 0.1) is 0 Å². The van der Waals surface area contributed by atoms with Crippen LogP contribution in [0.25, 0.3) is 0 Å². The first-order valence-electron chi connectivity index (χ1n) is 10.9. The number of aryl methyl sites for hydroxylation is 1. The first kappa shape index (κ1) is 21.9. The zero-order valence-electron chi connectivity index (χ0n) is 18.4. The molecule has 3 heteroatoms. The minimum Gasteiger partial charge on any atom is -0.497 e. The minimum absolute atomic E-state index is 0.442. The summed E-state index contributed by atoms with van der Waals surface area (Å²) in [6.45, 7) is 3.42. The Kier molecular flexibility index (Phi) is 8.34. The number of hydrogen-bond acceptors (Lipinski definition) is 2. The van der Waals surface area contributed by atoms with E-state index in [4.69, 9.17) is 9.47 Å². The van der Waals surface area contributed by atoms with Crippen molar-refractivity contribution in [2.24, 2.45) is 0 Å². The Morgan fingerprint density at radius 3 is 1.97 bits per heavy atom. The fraction of sp³-hybridized carbons (Fsp3) is 0.333. The van der Waals surface area contributed by atoms with Crippen molar-refractivity contribution >= 4 is 0 Å². The summed E-state index contributed by atoms with van der Waals surface area (Å²) in [5.74, 6) is 2.19. The van der Waals surface area contributed by atoms with Crippen LogP contribution in [-0.4, -0.2) is 26.8 Å². The molecule has 0 saturated heterocycles. The lowest BCUT2D eigenvalue weighted by molar-refractivity contribution is -0.687. The Balaban J connectivity index is 1.54. The maximum atomic E-state index is 5.54. The van der Waals surface area contributed by atoms with Gasteiger partial charge >= 0.3 is 0 Å². The van der Waals surface area contributed by atoms with Crippen LogP contribution in [0.1, 0.15) is 42.4 Å². The van der Waals surface area contributed by atoms with Gasteiger partial charge in [0.25, 0.3) is 0 Å². The SMILES string of the molecule is COc1ccc(CC[C@H](C)[NH2+]CCC(c2ccccc2)c2ccccc2)c(OC)c1. The van der Waals surface area contributed by atoms with E-state index in [1.165, 1.54) is 16.7 Å². The van der Waals surface area contributed by atoms with E-state index in [2.05, 4.69) is 79.0 Å². The molecule has 3 rings (SSSR count). The second-order valence-electron chi connectivity index (χ2n) is 7.88.